The molecule has 0 unspecified atom stereocenters. The smallest absolute Gasteiger partial charge is 0.419 e. The van der Waals surface area contributed by atoms with Crippen LogP contribution in [0.1, 0.15) is 36.8 Å². The molecule has 0 atom stereocenters. The minimum Gasteiger partial charge on any atom is -0.443 e. The molecule has 0 radical (unpaired) electrons. The van der Waals surface area contributed by atoms with Crippen LogP contribution in [0.5, 0.6) is 11.6 Å². The summed E-state index contributed by atoms with van der Waals surface area (Å²) >= 11 is 0. The van der Waals surface area contributed by atoms with Gasteiger partial charge in [-0.15, -0.1) is 0 Å². The number of fused-ring (bicyclic) bond motifs is 1. The Morgan fingerprint density at radius 3 is 2.44 bits per heavy atom. The average Bonchev–Trinajstić information content (AvgIpc) is 3.19. The van der Waals surface area contributed by atoms with Crippen molar-refractivity contribution < 1.29 is 19.1 Å². The number of anilines is 1. The standard InChI is InChI=1S/C26H26N4O4/c1-17-22(11-8-14-27-17)33-23-13-12-18(15-28-23)29(5)24(31)20-16-30(25(32)34-26(2,3)4)21-10-7-6-9-19(20)21/h6-16H,1-5H3. The number of benzene rings is 1. The van der Waals surface area contributed by atoms with E-state index >= 15 is 0 Å². The molecular weight excluding hydrogens is 432 g/mol. The fourth-order valence-corrected chi connectivity index (χ4v) is 3.43. The highest BCUT2D eigenvalue weighted by molar-refractivity contribution is 6.15. The van der Waals surface area contributed by atoms with Crippen LogP contribution in [0.25, 0.3) is 10.9 Å². The Hall–Kier alpha value is -4.20. The van der Waals surface area contributed by atoms with Crippen molar-refractivity contribution in [3.05, 3.63) is 78.4 Å². The predicted octanol–water partition coefficient (Wildman–Crippen LogP) is 5.59. The molecule has 8 heteroatoms. The van der Waals surface area contributed by atoms with Gasteiger partial charge < -0.3 is 14.4 Å². The van der Waals surface area contributed by atoms with Crippen molar-refractivity contribution in [1.82, 2.24) is 14.5 Å². The van der Waals surface area contributed by atoms with E-state index in [9.17, 15) is 9.59 Å². The minimum absolute atomic E-state index is 0.280. The Labute approximate surface area is 197 Å². The molecule has 0 spiro atoms. The SMILES string of the molecule is Cc1ncccc1Oc1ccc(N(C)C(=O)c2cn(C(=O)OC(C)(C)C)c3ccccc23)cn1. The molecule has 3 aromatic heterocycles. The summed E-state index contributed by atoms with van der Waals surface area (Å²) in [5, 5.41) is 0.658. The van der Waals surface area contributed by atoms with Gasteiger partial charge in [-0.2, -0.15) is 0 Å². The molecule has 0 N–H and O–H groups in total. The third-order valence-electron chi connectivity index (χ3n) is 5.12. The van der Waals surface area contributed by atoms with E-state index in [1.54, 1.807) is 64.5 Å². The first-order valence-corrected chi connectivity index (χ1v) is 10.8. The lowest BCUT2D eigenvalue weighted by Gasteiger charge is -2.19. The first-order chi connectivity index (χ1) is 16.1. The summed E-state index contributed by atoms with van der Waals surface area (Å²) in [4.78, 5) is 36.1. The van der Waals surface area contributed by atoms with Crippen molar-refractivity contribution in [3.63, 3.8) is 0 Å². The zero-order valence-electron chi connectivity index (χ0n) is 19.8. The van der Waals surface area contributed by atoms with E-state index in [2.05, 4.69) is 9.97 Å². The van der Waals surface area contributed by atoms with Crippen LogP contribution in [0.2, 0.25) is 0 Å². The summed E-state index contributed by atoms with van der Waals surface area (Å²) in [7, 11) is 1.66. The fraction of sp³-hybridized carbons (Fsp3) is 0.231. The van der Waals surface area contributed by atoms with E-state index in [1.807, 2.05) is 31.2 Å². The highest BCUT2D eigenvalue weighted by atomic mass is 16.6. The molecule has 174 valence electrons. The van der Waals surface area contributed by atoms with E-state index < -0.39 is 11.7 Å². The third-order valence-corrected chi connectivity index (χ3v) is 5.12. The second-order valence-corrected chi connectivity index (χ2v) is 8.82. The second-order valence-electron chi connectivity index (χ2n) is 8.82. The maximum absolute atomic E-state index is 13.4. The Kier molecular flexibility index (Phi) is 6.06. The quantitative estimate of drug-likeness (QED) is 0.396. The molecule has 0 saturated heterocycles. The van der Waals surface area contributed by atoms with Crippen molar-refractivity contribution in [2.45, 2.75) is 33.3 Å². The monoisotopic (exact) mass is 458 g/mol. The molecule has 1 aromatic carbocycles. The summed E-state index contributed by atoms with van der Waals surface area (Å²) in [5.41, 5.74) is 1.65. The fourth-order valence-electron chi connectivity index (χ4n) is 3.43. The van der Waals surface area contributed by atoms with Crippen LogP contribution in [0.3, 0.4) is 0 Å². The molecule has 0 aliphatic heterocycles. The van der Waals surface area contributed by atoms with Crippen LogP contribution < -0.4 is 9.64 Å². The second kappa shape index (κ2) is 8.97. The Balaban J connectivity index is 1.60. The highest BCUT2D eigenvalue weighted by Gasteiger charge is 2.24. The van der Waals surface area contributed by atoms with E-state index in [0.717, 1.165) is 5.69 Å². The lowest BCUT2D eigenvalue weighted by Crippen LogP contribution is -2.27. The number of nitrogens with zero attached hydrogens (tertiary/aromatic N) is 4. The summed E-state index contributed by atoms with van der Waals surface area (Å²) in [6, 6.07) is 14.3. The number of amides is 1. The van der Waals surface area contributed by atoms with Gasteiger partial charge in [0.05, 0.1) is 28.7 Å². The van der Waals surface area contributed by atoms with Crippen LogP contribution in [-0.4, -0.2) is 39.2 Å². The summed E-state index contributed by atoms with van der Waals surface area (Å²) in [6.45, 7) is 7.25. The summed E-state index contributed by atoms with van der Waals surface area (Å²) < 4.78 is 12.7. The number of aryl methyl sites for hydroxylation is 1. The molecule has 34 heavy (non-hydrogen) atoms. The van der Waals surface area contributed by atoms with Gasteiger partial charge in [0, 0.05) is 30.9 Å². The number of ether oxygens (including phenoxy) is 2. The topological polar surface area (TPSA) is 86.6 Å². The molecule has 3 heterocycles. The zero-order chi connectivity index (χ0) is 24.5. The van der Waals surface area contributed by atoms with Gasteiger partial charge >= 0.3 is 6.09 Å². The number of carbonyl (C=O) groups excluding carboxylic acids is 2. The number of para-hydroxylation sites is 1. The number of rotatable bonds is 4. The summed E-state index contributed by atoms with van der Waals surface area (Å²) in [6.07, 6.45) is 4.23. The Bertz CT molecular complexity index is 1350. The highest BCUT2D eigenvalue weighted by Crippen LogP contribution is 2.27. The van der Waals surface area contributed by atoms with Gasteiger partial charge in [-0.1, -0.05) is 18.2 Å². The number of hydrogen-bond acceptors (Lipinski definition) is 6. The maximum atomic E-state index is 13.4. The van der Waals surface area contributed by atoms with Gasteiger partial charge in [-0.25, -0.2) is 9.78 Å². The molecule has 0 bridgehead atoms. The van der Waals surface area contributed by atoms with E-state index in [0.29, 0.717) is 33.8 Å². The molecule has 8 nitrogen and oxygen atoms in total. The minimum atomic E-state index is -0.659. The molecular formula is C26H26N4O4. The molecule has 4 aromatic rings. The van der Waals surface area contributed by atoms with Gasteiger partial charge in [0.15, 0.2) is 5.75 Å². The van der Waals surface area contributed by atoms with Gasteiger partial charge in [0.2, 0.25) is 5.88 Å². The lowest BCUT2D eigenvalue weighted by molar-refractivity contribution is 0.0544. The third kappa shape index (κ3) is 4.76. The van der Waals surface area contributed by atoms with Crippen molar-refractivity contribution in [2.24, 2.45) is 0 Å². The summed E-state index contributed by atoms with van der Waals surface area (Å²) in [5.74, 6) is 0.724. The molecule has 4 rings (SSSR count). The van der Waals surface area contributed by atoms with Crippen LogP contribution in [0, 0.1) is 6.92 Å². The number of hydrogen-bond donors (Lipinski definition) is 0. The van der Waals surface area contributed by atoms with Gasteiger partial charge in [0.25, 0.3) is 5.91 Å². The van der Waals surface area contributed by atoms with Crippen molar-refractivity contribution in [2.75, 3.05) is 11.9 Å². The normalized spacial score (nSPS) is 11.3. The van der Waals surface area contributed by atoms with E-state index in [4.69, 9.17) is 9.47 Å². The maximum Gasteiger partial charge on any atom is 0.419 e. The first-order valence-electron chi connectivity index (χ1n) is 10.8. The Morgan fingerprint density at radius 1 is 1.00 bits per heavy atom. The van der Waals surface area contributed by atoms with E-state index in [1.165, 1.54) is 15.7 Å². The average molecular weight is 459 g/mol. The first kappa shape index (κ1) is 23.0. The van der Waals surface area contributed by atoms with E-state index in [-0.39, 0.29) is 5.91 Å². The number of aromatic nitrogens is 3. The predicted molar refractivity (Wildman–Crippen MR) is 130 cm³/mol. The van der Waals surface area contributed by atoms with Crippen LogP contribution in [0.4, 0.5) is 10.5 Å². The van der Waals surface area contributed by atoms with Crippen LogP contribution in [-0.2, 0) is 4.74 Å². The van der Waals surface area contributed by atoms with Gasteiger partial charge in [0.1, 0.15) is 5.60 Å². The van der Waals surface area contributed by atoms with Gasteiger partial charge in [-0.3, -0.25) is 14.3 Å². The lowest BCUT2D eigenvalue weighted by atomic mass is 10.1. The van der Waals surface area contributed by atoms with Crippen molar-refractivity contribution >= 4 is 28.6 Å². The van der Waals surface area contributed by atoms with Gasteiger partial charge in [-0.05, 0) is 52.0 Å². The molecule has 0 aliphatic rings. The number of carbonyl (C=O) groups is 2. The molecule has 1 amide bonds. The molecule has 0 aliphatic carbocycles. The largest absolute Gasteiger partial charge is 0.443 e. The molecule has 0 fully saturated rings. The molecule has 0 saturated carbocycles. The number of pyridine rings is 2. The van der Waals surface area contributed by atoms with Crippen molar-refractivity contribution in [3.8, 4) is 11.6 Å². The van der Waals surface area contributed by atoms with Crippen LogP contribution in [0.15, 0.2) is 67.1 Å². The zero-order valence-corrected chi connectivity index (χ0v) is 19.8. The van der Waals surface area contributed by atoms with Crippen molar-refractivity contribution in [1.29, 1.82) is 0 Å². The Morgan fingerprint density at radius 2 is 1.76 bits per heavy atom. The van der Waals surface area contributed by atoms with Crippen LogP contribution >= 0.6 is 0 Å².